The lowest BCUT2D eigenvalue weighted by molar-refractivity contribution is 0.0540. The van der Waals surface area contributed by atoms with Crippen molar-refractivity contribution in [3.05, 3.63) is 64.0 Å². The minimum atomic E-state index is -1.33. The summed E-state index contributed by atoms with van der Waals surface area (Å²) in [6.45, 7) is 1.23. The molecular weight excluding hydrogens is 368 g/mol. The molecule has 1 aromatic carbocycles. The number of aromatic carboxylic acids is 2. The molecule has 9 nitrogen and oxygen atoms in total. The van der Waals surface area contributed by atoms with Crippen molar-refractivity contribution in [2.24, 2.45) is 0 Å². The first-order valence-corrected chi connectivity index (χ1v) is 8.31. The second-order valence-corrected chi connectivity index (χ2v) is 6.09. The second-order valence-electron chi connectivity index (χ2n) is 6.09. The summed E-state index contributed by atoms with van der Waals surface area (Å²) in [6.07, 6.45) is 0. The van der Waals surface area contributed by atoms with Gasteiger partial charge in [-0.2, -0.15) is 0 Å². The van der Waals surface area contributed by atoms with Crippen LogP contribution in [0.25, 0.3) is 0 Å². The summed E-state index contributed by atoms with van der Waals surface area (Å²) in [5.41, 5.74) is 0.425. The Morgan fingerprint density at radius 1 is 1.04 bits per heavy atom. The van der Waals surface area contributed by atoms with E-state index in [2.05, 4.69) is 4.98 Å². The number of hydrogen-bond donors (Lipinski definition) is 2. The molecule has 0 fully saturated rings. The largest absolute Gasteiger partial charge is 0.478 e. The third-order valence-electron chi connectivity index (χ3n) is 4.33. The highest BCUT2D eigenvalue weighted by atomic mass is 16.5. The van der Waals surface area contributed by atoms with Gasteiger partial charge in [-0.3, -0.25) is 19.5 Å². The van der Waals surface area contributed by atoms with Crippen molar-refractivity contribution >= 4 is 23.8 Å². The zero-order valence-electron chi connectivity index (χ0n) is 14.8. The summed E-state index contributed by atoms with van der Waals surface area (Å²) in [5.74, 6) is -3.41. The number of amides is 2. The van der Waals surface area contributed by atoms with E-state index in [-0.39, 0.29) is 42.3 Å². The van der Waals surface area contributed by atoms with E-state index in [0.717, 1.165) is 11.0 Å². The predicted molar refractivity (Wildman–Crippen MR) is 94.4 cm³/mol. The summed E-state index contributed by atoms with van der Waals surface area (Å²) in [5, 5.41) is 18.4. The third kappa shape index (κ3) is 3.47. The second kappa shape index (κ2) is 7.57. The summed E-state index contributed by atoms with van der Waals surface area (Å²) >= 11 is 0. The van der Waals surface area contributed by atoms with Crippen molar-refractivity contribution in [3.8, 4) is 0 Å². The number of ether oxygens (including phenoxy) is 1. The number of rotatable bonds is 7. The van der Waals surface area contributed by atoms with Gasteiger partial charge in [0.05, 0.1) is 53.4 Å². The van der Waals surface area contributed by atoms with Crippen molar-refractivity contribution in [1.82, 2.24) is 9.88 Å². The van der Waals surface area contributed by atoms with Crippen molar-refractivity contribution < 1.29 is 34.1 Å². The molecule has 0 aliphatic carbocycles. The minimum absolute atomic E-state index is 0.000936. The molecule has 1 aliphatic rings. The standard InChI is InChI=1S/C19H16N2O7/c1-10-13(18(24)25)8-14(19(26)27)15(20-10)9-28-7-6-21-16(22)11-4-2-3-5-12(11)17(21)23/h2-5,8H,6-7,9H2,1H3,(H,24,25)(H,26,27). The molecule has 1 aliphatic heterocycles. The average molecular weight is 384 g/mol. The first-order valence-electron chi connectivity index (χ1n) is 8.31. The van der Waals surface area contributed by atoms with Crippen LogP contribution in [0.1, 0.15) is 52.8 Å². The van der Waals surface area contributed by atoms with Crippen molar-refractivity contribution in [2.45, 2.75) is 13.5 Å². The van der Waals surface area contributed by atoms with Gasteiger partial charge in [0.15, 0.2) is 0 Å². The highest BCUT2D eigenvalue weighted by Crippen LogP contribution is 2.22. The fraction of sp³-hybridized carbons (Fsp3) is 0.211. The fourth-order valence-corrected chi connectivity index (χ4v) is 2.93. The summed E-state index contributed by atoms with van der Waals surface area (Å²) in [7, 11) is 0. The Morgan fingerprint density at radius 3 is 2.14 bits per heavy atom. The van der Waals surface area contributed by atoms with Crippen LogP contribution in [0.3, 0.4) is 0 Å². The molecule has 144 valence electrons. The lowest BCUT2D eigenvalue weighted by atomic mass is 10.1. The van der Waals surface area contributed by atoms with Gasteiger partial charge in [-0.15, -0.1) is 0 Å². The molecule has 28 heavy (non-hydrogen) atoms. The highest BCUT2D eigenvalue weighted by Gasteiger charge is 2.34. The van der Waals surface area contributed by atoms with E-state index in [9.17, 15) is 24.3 Å². The van der Waals surface area contributed by atoms with Crippen LogP contribution in [-0.2, 0) is 11.3 Å². The zero-order valence-corrected chi connectivity index (χ0v) is 14.8. The Kier molecular flexibility index (Phi) is 5.18. The number of carboxylic acid groups (broad SMARTS) is 2. The van der Waals surface area contributed by atoms with Crippen LogP contribution < -0.4 is 0 Å². The van der Waals surface area contributed by atoms with Gasteiger partial charge in [0, 0.05) is 0 Å². The lowest BCUT2D eigenvalue weighted by Crippen LogP contribution is -2.33. The van der Waals surface area contributed by atoms with Crippen molar-refractivity contribution in [2.75, 3.05) is 13.2 Å². The minimum Gasteiger partial charge on any atom is -0.478 e. The molecule has 0 radical (unpaired) electrons. The van der Waals surface area contributed by atoms with E-state index in [1.54, 1.807) is 24.3 Å². The summed E-state index contributed by atoms with van der Waals surface area (Å²) < 4.78 is 5.40. The Bertz CT molecular complexity index is 965. The maximum absolute atomic E-state index is 12.3. The molecule has 2 N–H and O–H groups in total. The monoisotopic (exact) mass is 384 g/mol. The third-order valence-corrected chi connectivity index (χ3v) is 4.33. The molecule has 3 rings (SSSR count). The molecule has 0 saturated heterocycles. The van der Waals surface area contributed by atoms with E-state index in [4.69, 9.17) is 9.84 Å². The Morgan fingerprint density at radius 2 is 1.61 bits per heavy atom. The van der Waals surface area contributed by atoms with Gasteiger partial charge in [-0.05, 0) is 25.1 Å². The van der Waals surface area contributed by atoms with Crippen LogP contribution in [0.4, 0.5) is 0 Å². The molecule has 1 aromatic heterocycles. The first kappa shape index (κ1) is 19.2. The zero-order chi connectivity index (χ0) is 20.4. The Balaban J connectivity index is 1.66. The molecule has 0 atom stereocenters. The Labute approximate surface area is 159 Å². The predicted octanol–water partition coefficient (Wildman–Crippen LogP) is 1.60. The fourth-order valence-electron chi connectivity index (χ4n) is 2.93. The van der Waals surface area contributed by atoms with E-state index in [0.29, 0.717) is 11.1 Å². The van der Waals surface area contributed by atoms with Gasteiger partial charge in [-0.1, -0.05) is 12.1 Å². The van der Waals surface area contributed by atoms with Crippen molar-refractivity contribution in [1.29, 1.82) is 0 Å². The number of hydrogen-bond acceptors (Lipinski definition) is 6. The molecule has 2 heterocycles. The average Bonchev–Trinajstić information content (AvgIpc) is 2.89. The number of nitrogens with zero attached hydrogens (tertiary/aromatic N) is 2. The molecule has 0 bridgehead atoms. The van der Waals surface area contributed by atoms with Gasteiger partial charge >= 0.3 is 11.9 Å². The molecule has 2 amide bonds. The number of carbonyl (C=O) groups excluding carboxylic acids is 2. The highest BCUT2D eigenvalue weighted by molar-refractivity contribution is 6.21. The molecule has 2 aromatic rings. The van der Waals surface area contributed by atoms with Gasteiger partial charge in [0.2, 0.25) is 0 Å². The lowest BCUT2D eigenvalue weighted by Gasteiger charge is -2.14. The number of aryl methyl sites for hydroxylation is 1. The smallest absolute Gasteiger partial charge is 0.337 e. The maximum Gasteiger partial charge on any atom is 0.337 e. The van der Waals surface area contributed by atoms with Crippen LogP contribution in [0.5, 0.6) is 0 Å². The summed E-state index contributed by atoms with van der Waals surface area (Å²) in [4.78, 5) is 52.1. The molecule has 0 unspecified atom stereocenters. The van der Waals surface area contributed by atoms with E-state index < -0.39 is 23.8 Å². The first-order chi connectivity index (χ1) is 13.3. The number of carboxylic acids is 2. The number of benzene rings is 1. The quantitative estimate of drug-likeness (QED) is 0.543. The van der Waals surface area contributed by atoms with Crippen LogP contribution in [-0.4, -0.2) is 57.0 Å². The molecule has 0 saturated carbocycles. The molecule has 0 spiro atoms. The van der Waals surface area contributed by atoms with Crippen LogP contribution in [0, 0.1) is 6.92 Å². The Hall–Kier alpha value is -3.59. The van der Waals surface area contributed by atoms with E-state index in [1.807, 2.05) is 0 Å². The number of imide groups is 1. The number of pyridine rings is 1. The number of fused-ring (bicyclic) bond motifs is 1. The van der Waals surface area contributed by atoms with Gasteiger partial charge < -0.3 is 14.9 Å². The maximum atomic E-state index is 12.3. The topological polar surface area (TPSA) is 134 Å². The molecule has 9 heteroatoms. The van der Waals surface area contributed by atoms with E-state index in [1.165, 1.54) is 6.92 Å². The normalized spacial score (nSPS) is 13.0. The number of carbonyl (C=O) groups is 4. The number of aromatic nitrogens is 1. The SMILES string of the molecule is Cc1nc(COCCN2C(=O)c3ccccc3C2=O)c(C(=O)O)cc1C(=O)O. The van der Waals surface area contributed by atoms with Crippen LogP contribution >= 0.6 is 0 Å². The van der Waals surface area contributed by atoms with Crippen LogP contribution in [0.15, 0.2) is 30.3 Å². The van der Waals surface area contributed by atoms with Gasteiger partial charge in [0.1, 0.15) is 0 Å². The van der Waals surface area contributed by atoms with Crippen molar-refractivity contribution in [3.63, 3.8) is 0 Å². The molecular formula is C19H16N2O7. The van der Waals surface area contributed by atoms with E-state index >= 15 is 0 Å². The van der Waals surface area contributed by atoms with Gasteiger partial charge in [0.25, 0.3) is 11.8 Å². The van der Waals surface area contributed by atoms with Crippen LogP contribution in [0.2, 0.25) is 0 Å². The summed E-state index contributed by atoms with van der Waals surface area (Å²) in [6, 6.07) is 7.53. The van der Waals surface area contributed by atoms with Gasteiger partial charge in [-0.25, -0.2) is 9.59 Å².